The summed E-state index contributed by atoms with van der Waals surface area (Å²) in [5, 5.41) is 4.64. The van der Waals surface area contributed by atoms with Crippen molar-refractivity contribution in [2.24, 2.45) is 0 Å². The molecule has 1 saturated heterocycles. The number of hydrogen-bond acceptors (Lipinski definition) is 5. The van der Waals surface area contributed by atoms with Crippen molar-refractivity contribution >= 4 is 50.3 Å². The number of aryl methyl sites for hydroxylation is 2. The lowest BCUT2D eigenvalue weighted by molar-refractivity contribution is 0.417. The highest BCUT2D eigenvalue weighted by molar-refractivity contribution is 7.92. The highest BCUT2D eigenvalue weighted by Crippen LogP contribution is 2.45. The third kappa shape index (κ3) is 5.26. The molecule has 0 bridgehead atoms. The maximum Gasteiger partial charge on any atom is 0.229 e. The number of halogens is 1. The molecule has 0 amide bonds. The Balaban J connectivity index is 1.70. The van der Waals surface area contributed by atoms with Gasteiger partial charge in [-0.2, -0.15) is 0 Å². The van der Waals surface area contributed by atoms with Gasteiger partial charge >= 0.3 is 0 Å². The number of thiocarbonyl (C=S) groups is 1. The summed E-state index contributed by atoms with van der Waals surface area (Å²) in [7, 11) is -2.05. The van der Waals surface area contributed by atoms with Gasteiger partial charge in [0, 0.05) is 34.0 Å². The summed E-state index contributed by atoms with van der Waals surface area (Å²) in [6.45, 7) is 6.22. The summed E-state index contributed by atoms with van der Waals surface area (Å²) < 4.78 is 34.4. The van der Waals surface area contributed by atoms with E-state index >= 15 is 0 Å². The molecular weight excluding hydrogens is 566 g/mol. The van der Waals surface area contributed by atoms with Crippen LogP contribution in [0.4, 0.5) is 11.4 Å². The van der Waals surface area contributed by atoms with Crippen LogP contribution in [-0.2, 0) is 10.0 Å². The molecule has 208 valence electrons. The van der Waals surface area contributed by atoms with E-state index in [-0.39, 0.29) is 12.1 Å². The molecule has 2 aromatic carbocycles. The van der Waals surface area contributed by atoms with Crippen molar-refractivity contribution in [3.05, 3.63) is 100 Å². The maximum atomic E-state index is 12.1. The van der Waals surface area contributed by atoms with Gasteiger partial charge in [0.05, 0.1) is 36.8 Å². The summed E-state index contributed by atoms with van der Waals surface area (Å²) in [4.78, 5) is 6.66. The zero-order valence-corrected chi connectivity index (χ0v) is 25.2. The molecule has 2 N–H and O–H groups in total. The van der Waals surface area contributed by atoms with Gasteiger partial charge in [0.2, 0.25) is 10.0 Å². The molecule has 0 spiro atoms. The zero-order valence-electron chi connectivity index (χ0n) is 22.8. The Labute approximate surface area is 245 Å². The zero-order chi connectivity index (χ0) is 28.8. The third-order valence-electron chi connectivity index (χ3n) is 7.06. The standard InChI is InChI=1S/C29H30ClN5O3S2/c1-17-9-10-20(30)15-25(17)34-18(2)14-22(19(34)3)28-27(23-8-6-7-13-31-23)32-29(39)35(28)21-11-12-26(38-4)24(16-21)33-40(5,36)37/h6-16,27-28,33H,1-5H3,(H,32,39)/t27-,28-/m1/s1. The van der Waals surface area contributed by atoms with Crippen molar-refractivity contribution in [3.8, 4) is 11.4 Å². The quantitative estimate of drug-likeness (QED) is 0.253. The first-order chi connectivity index (χ1) is 19.0. The normalized spacial score (nSPS) is 17.1. The fourth-order valence-corrected chi connectivity index (χ4v) is 6.43. The Kier molecular flexibility index (Phi) is 7.52. The second-order valence-electron chi connectivity index (χ2n) is 9.85. The number of nitrogens with one attached hydrogen (secondary N) is 2. The van der Waals surface area contributed by atoms with Gasteiger partial charge in [-0.05, 0) is 92.6 Å². The molecule has 0 aliphatic carbocycles. The second-order valence-corrected chi connectivity index (χ2v) is 12.4. The molecule has 5 rings (SSSR count). The first-order valence-electron chi connectivity index (χ1n) is 12.6. The number of sulfonamides is 1. The number of anilines is 2. The predicted molar refractivity (Wildman–Crippen MR) is 164 cm³/mol. The minimum atomic E-state index is -3.55. The summed E-state index contributed by atoms with van der Waals surface area (Å²) in [5.41, 5.74) is 7.10. The summed E-state index contributed by atoms with van der Waals surface area (Å²) in [5.74, 6) is 0.402. The summed E-state index contributed by atoms with van der Waals surface area (Å²) >= 11 is 12.3. The molecule has 11 heteroatoms. The van der Waals surface area contributed by atoms with Gasteiger partial charge in [0.25, 0.3) is 0 Å². The molecular formula is C29H30ClN5O3S2. The minimum Gasteiger partial charge on any atom is -0.495 e. The van der Waals surface area contributed by atoms with Crippen LogP contribution in [0.25, 0.3) is 5.69 Å². The highest BCUT2D eigenvalue weighted by Gasteiger charge is 2.42. The lowest BCUT2D eigenvalue weighted by Crippen LogP contribution is -2.29. The number of hydrogen-bond donors (Lipinski definition) is 2. The van der Waals surface area contributed by atoms with Crippen LogP contribution in [0.15, 0.2) is 66.9 Å². The first kappa shape index (κ1) is 27.9. The summed E-state index contributed by atoms with van der Waals surface area (Å²) in [6, 6.07) is 18.6. The van der Waals surface area contributed by atoms with Crippen LogP contribution in [0.3, 0.4) is 0 Å². The van der Waals surface area contributed by atoms with E-state index in [0.29, 0.717) is 27.3 Å². The van der Waals surface area contributed by atoms with Crippen molar-refractivity contribution < 1.29 is 13.2 Å². The molecule has 1 aliphatic rings. The van der Waals surface area contributed by atoms with E-state index in [1.165, 1.54) is 7.11 Å². The number of pyridine rings is 1. The molecule has 0 saturated carbocycles. The highest BCUT2D eigenvalue weighted by atomic mass is 35.5. The third-order valence-corrected chi connectivity index (χ3v) is 8.20. The van der Waals surface area contributed by atoms with E-state index < -0.39 is 10.0 Å². The molecule has 0 radical (unpaired) electrons. The topological polar surface area (TPSA) is 88.5 Å². The van der Waals surface area contributed by atoms with Gasteiger partial charge in [-0.25, -0.2) is 8.42 Å². The monoisotopic (exact) mass is 595 g/mol. The van der Waals surface area contributed by atoms with Crippen LogP contribution in [0.2, 0.25) is 5.02 Å². The molecule has 1 fully saturated rings. The molecule has 3 heterocycles. The van der Waals surface area contributed by atoms with Crippen LogP contribution in [0.1, 0.15) is 40.3 Å². The SMILES string of the molecule is COc1ccc(N2C(=S)N[C@H](c3ccccn3)[C@H]2c2cc(C)n(-c3cc(Cl)ccc3C)c2C)cc1NS(C)(=O)=O. The fourth-order valence-electron chi connectivity index (χ4n) is 5.36. The van der Waals surface area contributed by atoms with Gasteiger partial charge in [0.15, 0.2) is 5.11 Å². The minimum absolute atomic E-state index is 0.267. The Morgan fingerprint density at radius 1 is 1.07 bits per heavy atom. The second kappa shape index (κ2) is 10.8. The molecule has 0 unspecified atom stereocenters. The van der Waals surface area contributed by atoms with E-state index in [4.69, 9.17) is 28.6 Å². The molecule has 2 aromatic heterocycles. The van der Waals surface area contributed by atoms with Crippen LogP contribution < -0.4 is 19.7 Å². The van der Waals surface area contributed by atoms with Gasteiger partial charge in [-0.1, -0.05) is 23.7 Å². The van der Waals surface area contributed by atoms with Crippen LogP contribution in [0.5, 0.6) is 5.75 Å². The number of methoxy groups -OCH3 is 1. The maximum absolute atomic E-state index is 12.1. The van der Waals surface area contributed by atoms with E-state index in [0.717, 1.165) is 40.2 Å². The average molecular weight is 596 g/mol. The van der Waals surface area contributed by atoms with Crippen molar-refractivity contribution in [1.29, 1.82) is 0 Å². The molecule has 40 heavy (non-hydrogen) atoms. The summed E-state index contributed by atoms with van der Waals surface area (Å²) in [6.07, 6.45) is 2.87. The Bertz CT molecular complexity index is 1710. The lowest BCUT2D eigenvalue weighted by Gasteiger charge is -2.29. The van der Waals surface area contributed by atoms with Gasteiger partial charge in [0.1, 0.15) is 5.75 Å². The fraction of sp³-hybridized carbons (Fsp3) is 0.241. The first-order valence-corrected chi connectivity index (χ1v) is 15.3. The van der Waals surface area contributed by atoms with Gasteiger partial charge in [-0.3, -0.25) is 9.71 Å². The largest absolute Gasteiger partial charge is 0.495 e. The van der Waals surface area contributed by atoms with Crippen molar-refractivity contribution in [2.45, 2.75) is 32.9 Å². The smallest absolute Gasteiger partial charge is 0.229 e. The molecule has 8 nitrogen and oxygen atoms in total. The number of ether oxygens (including phenoxy) is 1. The Morgan fingerprint density at radius 3 is 2.52 bits per heavy atom. The average Bonchev–Trinajstić information content (AvgIpc) is 3.40. The number of benzene rings is 2. The Hall–Kier alpha value is -3.60. The van der Waals surface area contributed by atoms with E-state index in [1.807, 2.05) is 47.4 Å². The van der Waals surface area contributed by atoms with Crippen LogP contribution in [-0.4, -0.2) is 36.4 Å². The lowest BCUT2D eigenvalue weighted by atomic mass is 9.96. The van der Waals surface area contributed by atoms with E-state index in [9.17, 15) is 8.42 Å². The van der Waals surface area contributed by atoms with Crippen molar-refractivity contribution in [3.63, 3.8) is 0 Å². The van der Waals surface area contributed by atoms with E-state index in [2.05, 4.69) is 46.4 Å². The Morgan fingerprint density at radius 2 is 1.85 bits per heavy atom. The number of rotatable bonds is 7. The van der Waals surface area contributed by atoms with Crippen LogP contribution in [0, 0.1) is 20.8 Å². The predicted octanol–water partition coefficient (Wildman–Crippen LogP) is 6.01. The molecule has 2 atom stereocenters. The van der Waals surface area contributed by atoms with Gasteiger partial charge in [-0.15, -0.1) is 0 Å². The van der Waals surface area contributed by atoms with Crippen molar-refractivity contribution in [1.82, 2.24) is 14.9 Å². The number of aromatic nitrogens is 2. The van der Waals surface area contributed by atoms with Crippen molar-refractivity contribution in [2.75, 3.05) is 23.0 Å². The molecule has 4 aromatic rings. The molecule has 1 aliphatic heterocycles. The number of nitrogens with zero attached hydrogens (tertiary/aromatic N) is 3. The van der Waals surface area contributed by atoms with Gasteiger partial charge < -0.3 is 19.5 Å². The van der Waals surface area contributed by atoms with E-state index in [1.54, 1.807) is 18.3 Å². The van der Waals surface area contributed by atoms with Crippen LogP contribution >= 0.6 is 23.8 Å².